The molecule has 6 rings (SSSR count). The zero-order valence-electron chi connectivity index (χ0n) is 18.2. The smallest absolute Gasteiger partial charge is 0.0540 e. The van der Waals surface area contributed by atoms with Gasteiger partial charge in [0.25, 0.3) is 0 Å². The van der Waals surface area contributed by atoms with Crippen LogP contribution in [0.3, 0.4) is 0 Å². The lowest BCUT2D eigenvalue weighted by Crippen LogP contribution is -2.10. The Labute approximate surface area is 194 Å². The van der Waals surface area contributed by atoms with Gasteiger partial charge in [0.1, 0.15) is 0 Å². The van der Waals surface area contributed by atoms with E-state index in [0.717, 1.165) is 11.4 Å². The third-order valence-electron chi connectivity index (χ3n) is 6.23. The first-order chi connectivity index (χ1) is 16.4. The van der Waals surface area contributed by atoms with E-state index in [9.17, 15) is 0 Å². The van der Waals surface area contributed by atoms with Gasteiger partial charge in [0.15, 0.2) is 0 Å². The maximum Gasteiger partial charge on any atom is 0.0540 e. The summed E-state index contributed by atoms with van der Waals surface area (Å²) >= 11 is 0. The molecule has 33 heavy (non-hydrogen) atoms. The van der Waals surface area contributed by atoms with Crippen LogP contribution in [0, 0.1) is 0 Å². The summed E-state index contributed by atoms with van der Waals surface area (Å²) in [4.78, 5) is 2.36. The predicted molar refractivity (Wildman–Crippen MR) is 142 cm³/mol. The van der Waals surface area contributed by atoms with E-state index in [0.29, 0.717) is 0 Å². The molecule has 0 aliphatic carbocycles. The van der Waals surface area contributed by atoms with Gasteiger partial charge in [-0.25, -0.2) is 0 Å². The van der Waals surface area contributed by atoms with E-state index in [1.54, 1.807) is 0 Å². The van der Waals surface area contributed by atoms with Crippen molar-refractivity contribution in [3.63, 3.8) is 0 Å². The Hall–Kier alpha value is -4.36. The third-order valence-corrected chi connectivity index (χ3v) is 6.23. The normalized spacial score (nSPS) is 11.0. The molecule has 0 spiro atoms. The summed E-state index contributed by atoms with van der Waals surface area (Å²) in [7, 11) is 0. The zero-order chi connectivity index (χ0) is 22.0. The van der Waals surface area contributed by atoms with Crippen LogP contribution in [0.25, 0.3) is 32.7 Å². The number of nitrogens with zero attached hydrogens (tertiary/aromatic N) is 1. The van der Waals surface area contributed by atoms with Gasteiger partial charge in [-0.15, -0.1) is 0 Å². The second-order valence-electron chi connectivity index (χ2n) is 8.25. The maximum atomic E-state index is 2.36. The molecule has 0 N–H and O–H groups in total. The molecule has 1 nitrogen and oxygen atoms in total. The predicted octanol–water partition coefficient (Wildman–Crippen LogP) is 9.13. The largest absolute Gasteiger partial charge is 0.310 e. The Bertz CT molecular complexity index is 1560. The molecule has 6 aromatic rings. The molecule has 0 amide bonds. The summed E-state index contributed by atoms with van der Waals surface area (Å²) in [5.74, 6) is 0. The van der Waals surface area contributed by atoms with Gasteiger partial charge in [0.2, 0.25) is 0 Å². The molecule has 1 heteroatoms. The van der Waals surface area contributed by atoms with Gasteiger partial charge >= 0.3 is 0 Å². The average Bonchev–Trinajstić information content (AvgIpc) is 2.89. The molecule has 0 aliphatic heterocycles. The minimum atomic E-state index is 1.14. The summed E-state index contributed by atoms with van der Waals surface area (Å²) in [5, 5.41) is 5.00. The van der Waals surface area contributed by atoms with Crippen LogP contribution in [0.4, 0.5) is 17.1 Å². The van der Waals surface area contributed by atoms with Crippen molar-refractivity contribution in [2.24, 2.45) is 0 Å². The fraction of sp³-hybridized carbons (Fsp3) is 0. The first kappa shape index (κ1) is 19.3. The lowest BCUT2D eigenvalue weighted by Gasteiger charge is -2.27. The van der Waals surface area contributed by atoms with Gasteiger partial charge in [0, 0.05) is 16.8 Å². The second-order valence-corrected chi connectivity index (χ2v) is 8.25. The standard InChI is InChI=1S/C32H23N/c1-2-16-27(17-3-1)33(32-22-10-14-25-12-5-7-20-31(25)32)28-18-8-15-26(23-28)30-21-9-13-24-11-4-6-19-29(24)30/h1-23H. The van der Waals surface area contributed by atoms with Crippen LogP contribution in [-0.4, -0.2) is 0 Å². The fourth-order valence-corrected chi connectivity index (χ4v) is 4.70. The van der Waals surface area contributed by atoms with Crippen molar-refractivity contribution in [1.82, 2.24) is 0 Å². The SMILES string of the molecule is c1ccc(N(c2cccc(-c3cccc4ccccc34)c2)c2cccc3ccccc23)cc1. The molecule has 0 fully saturated rings. The van der Waals surface area contributed by atoms with Crippen LogP contribution < -0.4 is 4.90 Å². The lowest BCUT2D eigenvalue weighted by atomic mass is 9.97. The summed E-state index contributed by atoms with van der Waals surface area (Å²) < 4.78 is 0. The number of benzene rings is 6. The number of fused-ring (bicyclic) bond motifs is 2. The van der Waals surface area contributed by atoms with Crippen molar-refractivity contribution in [2.75, 3.05) is 4.90 Å². The highest BCUT2D eigenvalue weighted by molar-refractivity contribution is 6.00. The maximum absolute atomic E-state index is 2.36. The number of para-hydroxylation sites is 1. The van der Waals surface area contributed by atoms with E-state index in [4.69, 9.17) is 0 Å². The van der Waals surface area contributed by atoms with Crippen LogP contribution in [0.5, 0.6) is 0 Å². The van der Waals surface area contributed by atoms with Crippen LogP contribution in [-0.2, 0) is 0 Å². The highest BCUT2D eigenvalue weighted by Gasteiger charge is 2.16. The van der Waals surface area contributed by atoms with Crippen molar-refractivity contribution >= 4 is 38.6 Å². The Kier molecular flexibility index (Phi) is 4.86. The number of hydrogen-bond donors (Lipinski definition) is 0. The summed E-state index contributed by atoms with van der Waals surface area (Å²) in [6.45, 7) is 0. The number of hydrogen-bond acceptors (Lipinski definition) is 1. The van der Waals surface area contributed by atoms with Gasteiger partial charge in [-0.3, -0.25) is 0 Å². The summed E-state index contributed by atoms with van der Waals surface area (Å²) in [5.41, 5.74) is 5.92. The van der Waals surface area contributed by atoms with E-state index in [2.05, 4.69) is 144 Å². The van der Waals surface area contributed by atoms with Gasteiger partial charge < -0.3 is 4.90 Å². The Morgan fingerprint density at radius 2 is 0.970 bits per heavy atom. The average molecular weight is 422 g/mol. The first-order valence-corrected chi connectivity index (χ1v) is 11.3. The van der Waals surface area contributed by atoms with Crippen LogP contribution in [0.15, 0.2) is 140 Å². The van der Waals surface area contributed by atoms with Crippen molar-refractivity contribution < 1.29 is 0 Å². The summed E-state index contributed by atoms with van der Waals surface area (Å²) in [6, 6.07) is 49.7. The lowest BCUT2D eigenvalue weighted by molar-refractivity contribution is 1.30. The Morgan fingerprint density at radius 1 is 0.394 bits per heavy atom. The molecule has 0 saturated carbocycles. The molecule has 0 heterocycles. The molecular formula is C32H23N. The molecule has 0 unspecified atom stereocenters. The molecular weight excluding hydrogens is 398 g/mol. The zero-order valence-corrected chi connectivity index (χ0v) is 18.2. The minimum Gasteiger partial charge on any atom is -0.310 e. The summed E-state index contributed by atoms with van der Waals surface area (Å²) in [6.07, 6.45) is 0. The van der Waals surface area contributed by atoms with Crippen LogP contribution in [0.1, 0.15) is 0 Å². The van der Waals surface area contributed by atoms with E-state index < -0.39 is 0 Å². The third kappa shape index (κ3) is 3.54. The second kappa shape index (κ2) is 8.29. The highest BCUT2D eigenvalue weighted by atomic mass is 15.1. The van der Waals surface area contributed by atoms with Gasteiger partial charge in [-0.1, -0.05) is 109 Å². The Morgan fingerprint density at radius 3 is 1.79 bits per heavy atom. The van der Waals surface area contributed by atoms with Crippen molar-refractivity contribution in [2.45, 2.75) is 0 Å². The Balaban J connectivity index is 1.57. The molecule has 6 aromatic carbocycles. The van der Waals surface area contributed by atoms with Gasteiger partial charge in [-0.2, -0.15) is 0 Å². The monoisotopic (exact) mass is 421 g/mol. The van der Waals surface area contributed by atoms with Crippen molar-refractivity contribution in [3.8, 4) is 11.1 Å². The topological polar surface area (TPSA) is 3.24 Å². The first-order valence-electron chi connectivity index (χ1n) is 11.3. The number of rotatable bonds is 4. The van der Waals surface area contributed by atoms with Crippen LogP contribution in [0.2, 0.25) is 0 Å². The molecule has 0 saturated heterocycles. The van der Waals surface area contributed by atoms with E-state index in [1.165, 1.54) is 38.4 Å². The van der Waals surface area contributed by atoms with E-state index in [1.807, 2.05) is 0 Å². The molecule has 0 radical (unpaired) electrons. The van der Waals surface area contributed by atoms with Crippen molar-refractivity contribution in [1.29, 1.82) is 0 Å². The molecule has 0 aliphatic rings. The van der Waals surface area contributed by atoms with Crippen molar-refractivity contribution in [3.05, 3.63) is 140 Å². The number of anilines is 3. The van der Waals surface area contributed by atoms with E-state index >= 15 is 0 Å². The minimum absolute atomic E-state index is 1.14. The van der Waals surface area contributed by atoms with E-state index in [-0.39, 0.29) is 0 Å². The highest BCUT2D eigenvalue weighted by Crippen LogP contribution is 2.40. The van der Waals surface area contributed by atoms with Gasteiger partial charge in [-0.05, 0) is 57.6 Å². The molecule has 156 valence electrons. The fourth-order valence-electron chi connectivity index (χ4n) is 4.70. The van der Waals surface area contributed by atoms with Crippen LogP contribution >= 0.6 is 0 Å². The molecule has 0 aromatic heterocycles. The molecule has 0 atom stereocenters. The quantitative estimate of drug-likeness (QED) is 0.274. The van der Waals surface area contributed by atoms with Gasteiger partial charge in [0.05, 0.1) is 5.69 Å². The molecule has 0 bridgehead atoms.